The number of piperidine rings is 1. The Morgan fingerprint density at radius 2 is 2.17 bits per heavy atom. The summed E-state index contributed by atoms with van der Waals surface area (Å²) in [6, 6.07) is 1.99. The molecule has 0 amide bonds. The van der Waals surface area contributed by atoms with Crippen molar-refractivity contribution in [3.05, 3.63) is 17.6 Å². The maximum atomic E-state index is 5.03. The lowest BCUT2D eigenvalue weighted by Gasteiger charge is -2.22. The van der Waals surface area contributed by atoms with E-state index in [9.17, 15) is 0 Å². The van der Waals surface area contributed by atoms with Crippen LogP contribution < -0.4 is 10.6 Å². The van der Waals surface area contributed by atoms with Crippen molar-refractivity contribution in [3.63, 3.8) is 0 Å². The van der Waals surface area contributed by atoms with Crippen molar-refractivity contribution in [2.45, 2.75) is 25.7 Å². The van der Waals surface area contributed by atoms with Gasteiger partial charge in [-0.1, -0.05) is 0 Å². The normalized spacial score (nSPS) is 16.8. The Morgan fingerprint density at radius 1 is 1.39 bits per heavy atom. The zero-order chi connectivity index (χ0) is 12.8. The molecule has 100 valence electrons. The minimum Gasteiger partial charge on any atom is -0.383 e. The third kappa shape index (κ3) is 3.65. The van der Waals surface area contributed by atoms with Crippen molar-refractivity contribution >= 4 is 5.82 Å². The Morgan fingerprint density at radius 3 is 2.89 bits per heavy atom. The second-order valence-electron chi connectivity index (χ2n) is 4.70. The van der Waals surface area contributed by atoms with Gasteiger partial charge in [-0.15, -0.1) is 0 Å². The molecule has 1 aromatic rings. The number of ether oxygens (including phenoxy) is 1. The van der Waals surface area contributed by atoms with Crippen LogP contribution in [0.15, 0.2) is 6.07 Å². The van der Waals surface area contributed by atoms with Gasteiger partial charge in [0.15, 0.2) is 0 Å². The van der Waals surface area contributed by atoms with Crippen molar-refractivity contribution in [3.8, 4) is 0 Å². The van der Waals surface area contributed by atoms with Gasteiger partial charge in [0.05, 0.1) is 6.61 Å². The fourth-order valence-corrected chi connectivity index (χ4v) is 2.23. The highest BCUT2D eigenvalue weighted by Gasteiger charge is 2.18. The molecule has 0 atom stereocenters. The molecule has 1 aliphatic heterocycles. The quantitative estimate of drug-likeness (QED) is 0.772. The average Bonchev–Trinajstić information content (AvgIpc) is 2.39. The van der Waals surface area contributed by atoms with Crippen LogP contribution in [-0.2, 0) is 4.74 Å². The summed E-state index contributed by atoms with van der Waals surface area (Å²) < 4.78 is 5.03. The van der Waals surface area contributed by atoms with Gasteiger partial charge in [-0.05, 0) is 32.9 Å². The van der Waals surface area contributed by atoms with Crippen LogP contribution in [0.3, 0.4) is 0 Å². The Labute approximate surface area is 108 Å². The third-order valence-corrected chi connectivity index (χ3v) is 3.19. The van der Waals surface area contributed by atoms with Gasteiger partial charge in [-0.3, -0.25) is 0 Å². The summed E-state index contributed by atoms with van der Waals surface area (Å²) in [6.45, 7) is 5.61. The first kappa shape index (κ1) is 13.2. The monoisotopic (exact) mass is 250 g/mol. The maximum absolute atomic E-state index is 5.03. The summed E-state index contributed by atoms with van der Waals surface area (Å²) in [5.74, 6) is 2.39. The zero-order valence-corrected chi connectivity index (χ0v) is 11.2. The lowest BCUT2D eigenvalue weighted by Crippen LogP contribution is -2.27. The molecule has 1 aromatic heterocycles. The van der Waals surface area contributed by atoms with Crippen LogP contribution in [0.25, 0.3) is 0 Å². The van der Waals surface area contributed by atoms with Crippen LogP contribution in [0.1, 0.15) is 30.3 Å². The molecule has 0 saturated carbocycles. The first-order chi connectivity index (χ1) is 8.79. The SMILES string of the molecule is COCCNc1cc(C)nc(C2CCNCC2)n1. The van der Waals surface area contributed by atoms with Gasteiger partial charge in [0.2, 0.25) is 0 Å². The molecule has 0 aliphatic carbocycles. The zero-order valence-electron chi connectivity index (χ0n) is 11.2. The first-order valence-electron chi connectivity index (χ1n) is 6.58. The Kier molecular flexibility index (Phi) is 4.90. The predicted molar refractivity (Wildman–Crippen MR) is 72.0 cm³/mol. The molecule has 0 aromatic carbocycles. The maximum Gasteiger partial charge on any atom is 0.134 e. The summed E-state index contributed by atoms with van der Waals surface area (Å²) in [4.78, 5) is 9.20. The number of methoxy groups -OCH3 is 1. The van der Waals surface area contributed by atoms with E-state index in [1.807, 2.05) is 13.0 Å². The van der Waals surface area contributed by atoms with E-state index >= 15 is 0 Å². The molecule has 0 radical (unpaired) electrons. The van der Waals surface area contributed by atoms with Crippen molar-refractivity contribution in [1.29, 1.82) is 0 Å². The number of hydrogen-bond acceptors (Lipinski definition) is 5. The third-order valence-electron chi connectivity index (χ3n) is 3.19. The summed E-state index contributed by atoms with van der Waals surface area (Å²) in [5, 5.41) is 6.64. The number of anilines is 1. The van der Waals surface area contributed by atoms with Crippen molar-refractivity contribution in [2.75, 3.05) is 38.7 Å². The second-order valence-corrected chi connectivity index (χ2v) is 4.70. The van der Waals surface area contributed by atoms with Gasteiger partial charge in [-0.2, -0.15) is 0 Å². The number of nitrogens with one attached hydrogen (secondary N) is 2. The van der Waals surface area contributed by atoms with Gasteiger partial charge in [0.1, 0.15) is 11.6 Å². The molecule has 2 heterocycles. The van der Waals surface area contributed by atoms with Crippen LogP contribution in [0.4, 0.5) is 5.82 Å². The van der Waals surface area contributed by atoms with Gasteiger partial charge in [0, 0.05) is 31.3 Å². The van der Waals surface area contributed by atoms with E-state index in [4.69, 9.17) is 4.74 Å². The summed E-state index contributed by atoms with van der Waals surface area (Å²) >= 11 is 0. The smallest absolute Gasteiger partial charge is 0.134 e. The van der Waals surface area contributed by atoms with Crippen molar-refractivity contribution in [1.82, 2.24) is 15.3 Å². The fraction of sp³-hybridized carbons (Fsp3) is 0.692. The van der Waals surface area contributed by atoms with Gasteiger partial charge in [-0.25, -0.2) is 9.97 Å². The lowest BCUT2D eigenvalue weighted by atomic mass is 9.97. The number of rotatable bonds is 5. The molecule has 1 saturated heterocycles. The van der Waals surface area contributed by atoms with Crippen molar-refractivity contribution < 1.29 is 4.74 Å². The molecule has 1 aliphatic rings. The van der Waals surface area contributed by atoms with Crippen molar-refractivity contribution in [2.24, 2.45) is 0 Å². The Balaban J connectivity index is 2.05. The first-order valence-corrected chi connectivity index (χ1v) is 6.58. The molecule has 0 unspecified atom stereocenters. The second kappa shape index (κ2) is 6.66. The van der Waals surface area contributed by atoms with Crippen LogP contribution in [0.2, 0.25) is 0 Å². The van der Waals surface area contributed by atoms with Crippen LogP contribution in [-0.4, -0.2) is 43.3 Å². The van der Waals surface area contributed by atoms with Gasteiger partial charge >= 0.3 is 0 Å². The number of aromatic nitrogens is 2. The molecule has 0 bridgehead atoms. The highest BCUT2D eigenvalue weighted by molar-refractivity contribution is 5.36. The van der Waals surface area contributed by atoms with Crippen LogP contribution in [0.5, 0.6) is 0 Å². The molecular formula is C13H22N4O. The summed E-state index contributed by atoms with van der Waals surface area (Å²) in [6.07, 6.45) is 2.25. The van der Waals surface area contributed by atoms with E-state index in [0.29, 0.717) is 12.5 Å². The van der Waals surface area contributed by atoms with E-state index in [2.05, 4.69) is 20.6 Å². The van der Waals surface area contributed by atoms with E-state index in [1.54, 1.807) is 7.11 Å². The standard InChI is InChI=1S/C13H22N4O/c1-10-9-12(15-7-8-18-2)17-13(16-10)11-3-5-14-6-4-11/h9,11,14H,3-8H2,1-2H3,(H,15,16,17). The Bertz CT molecular complexity index is 377. The molecule has 5 nitrogen and oxygen atoms in total. The molecule has 0 spiro atoms. The molecular weight excluding hydrogens is 228 g/mol. The Hall–Kier alpha value is -1.20. The minimum absolute atomic E-state index is 0.495. The van der Waals surface area contributed by atoms with E-state index < -0.39 is 0 Å². The number of aryl methyl sites for hydroxylation is 1. The van der Waals surface area contributed by atoms with E-state index in [-0.39, 0.29) is 0 Å². The largest absolute Gasteiger partial charge is 0.383 e. The van der Waals surface area contributed by atoms with E-state index in [1.165, 1.54) is 0 Å². The summed E-state index contributed by atoms with van der Waals surface area (Å²) in [7, 11) is 1.70. The fourth-order valence-electron chi connectivity index (χ4n) is 2.23. The number of hydrogen-bond donors (Lipinski definition) is 2. The molecule has 5 heteroatoms. The summed E-state index contributed by atoms with van der Waals surface area (Å²) in [5.41, 5.74) is 1.03. The van der Waals surface area contributed by atoms with Gasteiger partial charge in [0.25, 0.3) is 0 Å². The van der Waals surface area contributed by atoms with Gasteiger partial charge < -0.3 is 15.4 Å². The van der Waals surface area contributed by atoms with E-state index in [0.717, 1.165) is 49.8 Å². The topological polar surface area (TPSA) is 59.1 Å². The molecule has 1 fully saturated rings. The number of nitrogens with zero attached hydrogens (tertiary/aromatic N) is 2. The van der Waals surface area contributed by atoms with Crippen LogP contribution in [0, 0.1) is 6.92 Å². The average molecular weight is 250 g/mol. The highest BCUT2D eigenvalue weighted by Crippen LogP contribution is 2.23. The highest BCUT2D eigenvalue weighted by atomic mass is 16.5. The molecule has 2 N–H and O–H groups in total. The predicted octanol–water partition coefficient (Wildman–Crippen LogP) is 1.31. The lowest BCUT2D eigenvalue weighted by molar-refractivity contribution is 0.210. The molecule has 18 heavy (non-hydrogen) atoms. The minimum atomic E-state index is 0.495. The van der Waals surface area contributed by atoms with Crippen LogP contribution >= 0.6 is 0 Å². The molecule has 2 rings (SSSR count).